The number of nitrogens with zero attached hydrogens (tertiary/aromatic N) is 2. The fourth-order valence-corrected chi connectivity index (χ4v) is 4.08. The second-order valence-electron chi connectivity index (χ2n) is 8.05. The molecular formula is C23H28F2N4O4. The summed E-state index contributed by atoms with van der Waals surface area (Å²) in [6.07, 6.45) is 0.494. The van der Waals surface area contributed by atoms with E-state index < -0.39 is 47.2 Å². The Bertz CT molecular complexity index is 1140. The number of aromatic hydroxyl groups is 1. The van der Waals surface area contributed by atoms with Gasteiger partial charge in [-0.3, -0.25) is 14.4 Å². The molecule has 0 spiro atoms. The van der Waals surface area contributed by atoms with Gasteiger partial charge in [0.25, 0.3) is 11.8 Å². The fraction of sp³-hybridized carbons (Fsp3) is 0.435. The zero-order valence-electron chi connectivity index (χ0n) is 19.1. The fourth-order valence-electron chi connectivity index (χ4n) is 4.08. The Morgan fingerprint density at radius 1 is 1.24 bits per heavy atom. The Morgan fingerprint density at radius 2 is 1.88 bits per heavy atom. The lowest BCUT2D eigenvalue weighted by atomic mass is 10.0. The first-order valence-corrected chi connectivity index (χ1v) is 10.8. The smallest absolute Gasteiger partial charge is 0.274 e. The molecule has 3 N–H and O–H groups in total. The monoisotopic (exact) mass is 462 g/mol. The van der Waals surface area contributed by atoms with Crippen LogP contribution in [0.5, 0.6) is 5.75 Å². The predicted octanol–water partition coefficient (Wildman–Crippen LogP) is 2.22. The van der Waals surface area contributed by atoms with Crippen LogP contribution in [0.1, 0.15) is 64.0 Å². The largest absolute Gasteiger partial charge is 0.503 e. The molecular weight excluding hydrogens is 434 g/mol. The van der Waals surface area contributed by atoms with Crippen LogP contribution in [-0.2, 0) is 13.1 Å². The molecule has 178 valence electrons. The third-order valence-corrected chi connectivity index (χ3v) is 5.87. The van der Waals surface area contributed by atoms with Crippen LogP contribution in [-0.4, -0.2) is 46.5 Å². The van der Waals surface area contributed by atoms with Crippen LogP contribution in [0.2, 0.25) is 0 Å². The summed E-state index contributed by atoms with van der Waals surface area (Å²) < 4.78 is 29.9. The zero-order valence-corrected chi connectivity index (χ0v) is 19.1. The summed E-state index contributed by atoms with van der Waals surface area (Å²) in [4.78, 5) is 40.4. The maximum atomic E-state index is 14.2. The summed E-state index contributed by atoms with van der Waals surface area (Å²) >= 11 is 0. The molecule has 1 aliphatic rings. The molecule has 0 saturated carbocycles. The summed E-state index contributed by atoms with van der Waals surface area (Å²) in [6.45, 7) is 5.88. The molecule has 1 aliphatic heterocycles. The first kappa shape index (κ1) is 24.4. The number of amides is 2. The Labute approximate surface area is 190 Å². The van der Waals surface area contributed by atoms with Gasteiger partial charge >= 0.3 is 0 Å². The molecule has 0 unspecified atom stereocenters. The number of rotatable bonds is 7. The van der Waals surface area contributed by atoms with E-state index in [-0.39, 0.29) is 22.5 Å². The summed E-state index contributed by atoms with van der Waals surface area (Å²) in [5.41, 5.74) is -1.19. The molecule has 2 aromatic rings. The predicted molar refractivity (Wildman–Crippen MR) is 118 cm³/mol. The second-order valence-corrected chi connectivity index (χ2v) is 8.05. The van der Waals surface area contributed by atoms with E-state index in [2.05, 4.69) is 10.6 Å². The first-order valence-electron chi connectivity index (χ1n) is 10.8. The van der Waals surface area contributed by atoms with E-state index in [0.29, 0.717) is 31.6 Å². The van der Waals surface area contributed by atoms with Crippen LogP contribution in [0.15, 0.2) is 16.9 Å². The van der Waals surface area contributed by atoms with Gasteiger partial charge in [0.1, 0.15) is 17.2 Å². The van der Waals surface area contributed by atoms with E-state index >= 15 is 0 Å². The lowest BCUT2D eigenvalue weighted by molar-refractivity contribution is 0.0785. The Hall–Kier alpha value is -3.27. The summed E-state index contributed by atoms with van der Waals surface area (Å²) in [5.74, 6) is -3.87. The van der Waals surface area contributed by atoms with Gasteiger partial charge < -0.3 is 25.2 Å². The molecule has 2 amide bonds. The van der Waals surface area contributed by atoms with Crippen LogP contribution < -0.4 is 16.1 Å². The quantitative estimate of drug-likeness (QED) is 0.586. The van der Waals surface area contributed by atoms with Crippen molar-refractivity contribution in [2.24, 2.45) is 0 Å². The number of aryl methyl sites for hydroxylation is 1. The van der Waals surface area contributed by atoms with Gasteiger partial charge in [0.15, 0.2) is 11.4 Å². The second kappa shape index (κ2) is 9.70. The zero-order chi connectivity index (χ0) is 24.4. The number of nitrogens with one attached hydrogen (secondary N) is 2. The summed E-state index contributed by atoms with van der Waals surface area (Å²) in [7, 11) is 1.54. The highest BCUT2D eigenvalue weighted by Crippen LogP contribution is 2.32. The molecule has 0 radical (unpaired) electrons. The van der Waals surface area contributed by atoms with Gasteiger partial charge in [-0.25, -0.2) is 8.78 Å². The van der Waals surface area contributed by atoms with Gasteiger partial charge in [0, 0.05) is 32.2 Å². The van der Waals surface area contributed by atoms with Crippen LogP contribution in [0, 0.1) is 18.6 Å². The van der Waals surface area contributed by atoms with Crippen molar-refractivity contribution < 1.29 is 23.5 Å². The number of aromatic nitrogens is 1. The molecule has 0 bridgehead atoms. The SMILES string of the molecule is CCN[C@H]1CCn2c(C(=O)N(C)CC)c(O)c(=O)c(C(=O)NCc3c(F)cc(C)cc3F)c21. The highest BCUT2D eigenvalue weighted by Gasteiger charge is 2.36. The van der Waals surface area contributed by atoms with Crippen molar-refractivity contribution in [1.29, 1.82) is 0 Å². The minimum absolute atomic E-state index is 0.174. The van der Waals surface area contributed by atoms with Crippen LogP contribution in [0.25, 0.3) is 0 Å². The van der Waals surface area contributed by atoms with Crippen molar-refractivity contribution in [2.45, 2.75) is 46.3 Å². The van der Waals surface area contributed by atoms with Gasteiger partial charge in [0.2, 0.25) is 5.43 Å². The van der Waals surface area contributed by atoms with E-state index in [1.165, 1.54) is 9.47 Å². The topological polar surface area (TPSA) is 104 Å². The van der Waals surface area contributed by atoms with E-state index in [1.54, 1.807) is 20.9 Å². The first-order chi connectivity index (χ1) is 15.6. The third-order valence-electron chi connectivity index (χ3n) is 5.87. The lowest BCUT2D eigenvalue weighted by Crippen LogP contribution is -2.37. The maximum absolute atomic E-state index is 14.2. The molecule has 2 heterocycles. The van der Waals surface area contributed by atoms with Gasteiger partial charge in [-0.1, -0.05) is 6.92 Å². The molecule has 3 rings (SSSR count). The van der Waals surface area contributed by atoms with Crippen LogP contribution in [0.3, 0.4) is 0 Å². The Morgan fingerprint density at radius 3 is 2.45 bits per heavy atom. The van der Waals surface area contributed by atoms with Gasteiger partial charge in [0.05, 0.1) is 11.7 Å². The van der Waals surface area contributed by atoms with Crippen molar-refractivity contribution in [3.8, 4) is 5.75 Å². The molecule has 8 nitrogen and oxygen atoms in total. The van der Waals surface area contributed by atoms with Gasteiger partial charge in [-0.05, 0) is 44.5 Å². The number of halogens is 2. The molecule has 0 aliphatic carbocycles. The number of carbonyl (C=O) groups is 2. The van der Waals surface area contributed by atoms with Crippen molar-refractivity contribution in [3.63, 3.8) is 0 Å². The Kier molecular flexibility index (Phi) is 7.16. The van der Waals surface area contributed by atoms with E-state index in [4.69, 9.17) is 0 Å². The van der Waals surface area contributed by atoms with Crippen LogP contribution in [0.4, 0.5) is 8.78 Å². The van der Waals surface area contributed by atoms with Gasteiger partial charge in [-0.2, -0.15) is 0 Å². The number of pyridine rings is 1. The van der Waals surface area contributed by atoms with Crippen molar-refractivity contribution in [2.75, 3.05) is 20.1 Å². The van der Waals surface area contributed by atoms with Crippen molar-refractivity contribution >= 4 is 11.8 Å². The minimum Gasteiger partial charge on any atom is -0.503 e. The van der Waals surface area contributed by atoms with E-state index in [0.717, 1.165) is 12.1 Å². The molecule has 0 fully saturated rings. The van der Waals surface area contributed by atoms with E-state index in [1.807, 2.05) is 6.92 Å². The molecule has 10 heteroatoms. The van der Waals surface area contributed by atoms with Gasteiger partial charge in [-0.15, -0.1) is 0 Å². The molecule has 0 saturated heterocycles. The number of fused-ring (bicyclic) bond motifs is 1. The average Bonchev–Trinajstić information content (AvgIpc) is 3.15. The lowest BCUT2D eigenvalue weighted by Gasteiger charge is -2.22. The average molecular weight is 462 g/mol. The van der Waals surface area contributed by atoms with E-state index in [9.17, 15) is 28.3 Å². The number of hydrogen-bond acceptors (Lipinski definition) is 5. The van der Waals surface area contributed by atoms with Crippen molar-refractivity contribution in [1.82, 2.24) is 20.1 Å². The van der Waals surface area contributed by atoms with Crippen LogP contribution >= 0.6 is 0 Å². The number of benzene rings is 1. The summed E-state index contributed by atoms with van der Waals surface area (Å²) in [6, 6.07) is 1.89. The normalized spacial score (nSPS) is 14.8. The molecule has 1 aromatic heterocycles. The molecule has 1 atom stereocenters. The standard InChI is InChI=1S/C23H28F2N4O4/c1-5-26-16-7-8-29-18(16)17(20(30)21(31)19(29)23(33)28(4)6-2)22(32)27-11-13-14(24)9-12(3)10-15(13)25/h9-10,16,26,31H,5-8,11H2,1-4H3,(H,27,32)/t16-/m0/s1. The highest BCUT2D eigenvalue weighted by atomic mass is 19.1. The summed E-state index contributed by atoms with van der Waals surface area (Å²) in [5, 5.41) is 16.2. The Balaban J connectivity index is 2.08. The van der Waals surface area contributed by atoms with Crippen molar-refractivity contribution in [3.05, 3.63) is 62.1 Å². The highest BCUT2D eigenvalue weighted by molar-refractivity contribution is 5.99. The molecule has 1 aromatic carbocycles. The number of hydrogen-bond donors (Lipinski definition) is 3. The number of carbonyl (C=O) groups excluding carboxylic acids is 2. The molecule has 33 heavy (non-hydrogen) atoms. The third kappa shape index (κ3) is 4.47. The minimum atomic E-state index is -0.999. The maximum Gasteiger partial charge on any atom is 0.274 e.